The molecule has 1 aliphatic heterocycles. The minimum atomic E-state index is -4.74. The predicted octanol–water partition coefficient (Wildman–Crippen LogP) is 5.03. The number of benzene rings is 2. The number of nitrogens with zero attached hydrogens (tertiary/aromatic N) is 2. The molecule has 1 atom stereocenters. The van der Waals surface area contributed by atoms with Gasteiger partial charge in [0.1, 0.15) is 5.71 Å². The first-order chi connectivity index (χ1) is 13.8. The molecule has 0 fully saturated rings. The third-order valence-electron chi connectivity index (χ3n) is 5.01. The summed E-state index contributed by atoms with van der Waals surface area (Å²) in [6, 6.07) is 14.5. The van der Waals surface area contributed by atoms with Crippen LogP contribution in [0.3, 0.4) is 0 Å². The van der Waals surface area contributed by atoms with Gasteiger partial charge in [-0.3, -0.25) is 4.79 Å². The number of halogens is 3. The largest absolute Gasteiger partial charge is 0.431 e. The summed E-state index contributed by atoms with van der Waals surface area (Å²) in [5, 5.41) is 15.2. The van der Waals surface area contributed by atoms with Crippen LogP contribution in [-0.2, 0) is 12.1 Å². The van der Waals surface area contributed by atoms with Crippen LogP contribution in [0.25, 0.3) is 0 Å². The quantitative estimate of drug-likeness (QED) is 0.687. The first kappa shape index (κ1) is 21.0. The molecule has 1 aliphatic rings. The Hall–Kier alpha value is -2.67. The zero-order valence-electron chi connectivity index (χ0n) is 16.1. The Balaban J connectivity index is 1.93. The molecular formula is C22H23F3N2O2. The molecule has 154 valence electrons. The average Bonchev–Trinajstić information content (AvgIpc) is 3.08. The van der Waals surface area contributed by atoms with Crippen molar-refractivity contribution in [1.29, 1.82) is 0 Å². The van der Waals surface area contributed by atoms with E-state index in [0.717, 1.165) is 31.2 Å². The van der Waals surface area contributed by atoms with E-state index in [4.69, 9.17) is 0 Å². The van der Waals surface area contributed by atoms with Crippen LogP contribution >= 0.6 is 0 Å². The molecule has 0 saturated carbocycles. The lowest BCUT2D eigenvalue weighted by Crippen LogP contribution is -2.43. The summed E-state index contributed by atoms with van der Waals surface area (Å²) in [5.74, 6) is -0.792. The van der Waals surface area contributed by atoms with E-state index in [0.29, 0.717) is 5.01 Å². The van der Waals surface area contributed by atoms with Crippen LogP contribution in [0.4, 0.5) is 13.2 Å². The minimum absolute atomic E-state index is 0.147. The average molecular weight is 404 g/mol. The lowest BCUT2D eigenvalue weighted by Gasteiger charge is -2.31. The molecule has 0 aromatic heterocycles. The first-order valence-corrected chi connectivity index (χ1v) is 9.62. The van der Waals surface area contributed by atoms with Crippen molar-refractivity contribution in [2.75, 3.05) is 0 Å². The highest BCUT2D eigenvalue weighted by Crippen LogP contribution is 2.40. The van der Waals surface area contributed by atoms with Gasteiger partial charge in [-0.05, 0) is 30.5 Å². The summed E-state index contributed by atoms with van der Waals surface area (Å²) < 4.78 is 39.9. The molecule has 2 aromatic rings. The Bertz CT molecular complexity index is 879. The molecule has 0 spiro atoms. The van der Waals surface area contributed by atoms with Crippen molar-refractivity contribution in [1.82, 2.24) is 5.01 Å². The lowest BCUT2D eigenvalue weighted by molar-refractivity contribution is -0.0816. The van der Waals surface area contributed by atoms with Crippen molar-refractivity contribution in [3.63, 3.8) is 0 Å². The monoisotopic (exact) mass is 404 g/mol. The maximum Gasteiger partial charge on any atom is 0.431 e. The molecule has 1 heterocycles. The summed E-state index contributed by atoms with van der Waals surface area (Å²) in [5.41, 5.74) is -2.00. The Labute approximate surface area is 167 Å². The molecule has 29 heavy (non-hydrogen) atoms. The number of alkyl halides is 3. The van der Waals surface area contributed by atoms with Crippen LogP contribution in [0.15, 0.2) is 59.7 Å². The topological polar surface area (TPSA) is 52.9 Å². The van der Waals surface area contributed by atoms with E-state index in [-0.39, 0.29) is 11.1 Å². The predicted molar refractivity (Wildman–Crippen MR) is 104 cm³/mol. The molecule has 7 heteroatoms. The van der Waals surface area contributed by atoms with Gasteiger partial charge in [-0.2, -0.15) is 23.3 Å². The van der Waals surface area contributed by atoms with Gasteiger partial charge in [0, 0.05) is 11.1 Å². The second kappa shape index (κ2) is 8.37. The Kier molecular flexibility index (Phi) is 6.07. The van der Waals surface area contributed by atoms with Gasteiger partial charge in [0.25, 0.3) is 5.91 Å². The van der Waals surface area contributed by atoms with Crippen LogP contribution in [0.1, 0.15) is 54.1 Å². The summed E-state index contributed by atoms with van der Waals surface area (Å²) in [6.45, 7) is 2.11. The summed E-state index contributed by atoms with van der Waals surface area (Å²) >= 11 is 0. The van der Waals surface area contributed by atoms with Gasteiger partial charge in [0.05, 0.1) is 6.42 Å². The van der Waals surface area contributed by atoms with E-state index in [2.05, 4.69) is 12.0 Å². The Morgan fingerprint density at radius 2 is 1.76 bits per heavy atom. The molecule has 2 aromatic carbocycles. The van der Waals surface area contributed by atoms with Crippen molar-refractivity contribution in [2.24, 2.45) is 5.10 Å². The van der Waals surface area contributed by atoms with Crippen LogP contribution < -0.4 is 0 Å². The second-order valence-electron chi connectivity index (χ2n) is 7.17. The second-order valence-corrected chi connectivity index (χ2v) is 7.17. The SMILES string of the molecule is CCCCCc1ccc(C2(O)CC(C(F)(F)F)=NN2C(=O)c2ccccc2)cc1. The highest BCUT2D eigenvalue weighted by atomic mass is 19.4. The van der Waals surface area contributed by atoms with E-state index in [9.17, 15) is 23.1 Å². The highest BCUT2D eigenvalue weighted by Gasteiger charge is 2.53. The van der Waals surface area contributed by atoms with Crippen LogP contribution in [-0.4, -0.2) is 27.9 Å². The maximum atomic E-state index is 13.3. The molecule has 1 amide bonds. The van der Waals surface area contributed by atoms with Crippen molar-refractivity contribution in [2.45, 2.75) is 50.9 Å². The lowest BCUT2D eigenvalue weighted by atomic mass is 9.94. The van der Waals surface area contributed by atoms with E-state index in [1.807, 2.05) is 0 Å². The van der Waals surface area contributed by atoms with Gasteiger partial charge < -0.3 is 5.11 Å². The summed E-state index contributed by atoms with van der Waals surface area (Å²) in [7, 11) is 0. The van der Waals surface area contributed by atoms with Gasteiger partial charge in [0.2, 0.25) is 0 Å². The van der Waals surface area contributed by atoms with Crippen molar-refractivity contribution in [3.05, 3.63) is 71.3 Å². The molecule has 1 N–H and O–H groups in total. The first-order valence-electron chi connectivity index (χ1n) is 9.62. The normalized spacial score (nSPS) is 19.3. The van der Waals surface area contributed by atoms with Crippen molar-refractivity contribution >= 4 is 11.6 Å². The fourth-order valence-electron chi connectivity index (χ4n) is 3.36. The number of hydrogen-bond acceptors (Lipinski definition) is 3. The van der Waals surface area contributed by atoms with Gasteiger partial charge in [-0.1, -0.05) is 62.2 Å². The third-order valence-corrected chi connectivity index (χ3v) is 5.01. The zero-order chi connectivity index (χ0) is 21.1. The van der Waals surface area contributed by atoms with Crippen molar-refractivity contribution < 1.29 is 23.1 Å². The van der Waals surface area contributed by atoms with Crippen LogP contribution in [0, 0.1) is 0 Å². The number of hydrogen-bond donors (Lipinski definition) is 1. The molecule has 1 unspecified atom stereocenters. The number of aliphatic hydroxyl groups is 1. The summed E-state index contributed by atoms with van der Waals surface area (Å²) in [6.07, 6.45) is -1.51. The Morgan fingerprint density at radius 1 is 1.10 bits per heavy atom. The summed E-state index contributed by atoms with van der Waals surface area (Å²) in [4.78, 5) is 12.8. The number of rotatable bonds is 6. The molecule has 4 nitrogen and oxygen atoms in total. The number of hydrazone groups is 1. The number of carbonyl (C=O) groups excluding carboxylic acids is 1. The number of carbonyl (C=O) groups is 1. The van der Waals surface area contributed by atoms with E-state index in [1.165, 1.54) is 12.1 Å². The minimum Gasteiger partial charge on any atom is -0.365 e. The van der Waals surface area contributed by atoms with E-state index >= 15 is 0 Å². The van der Waals surface area contributed by atoms with Crippen LogP contribution in [0.2, 0.25) is 0 Å². The van der Waals surface area contributed by atoms with Gasteiger partial charge >= 0.3 is 6.18 Å². The van der Waals surface area contributed by atoms with Gasteiger partial charge in [-0.25, -0.2) is 0 Å². The molecular weight excluding hydrogens is 381 g/mol. The highest BCUT2D eigenvalue weighted by molar-refractivity contribution is 5.99. The fourth-order valence-corrected chi connectivity index (χ4v) is 3.36. The molecule has 0 bridgehead atoms. The van der Waals surface area contributed by atoms with Crippen molar-refractivity contribution in [3.8, 4) is 0 Å². The van der Waals surface area contributed by atoms with Gasteiger partial charge in [-0.15, -0.1) is 0 Å². The molecule has 0 radical (unpaired) electrons. The maximum absolute atomic E-state index is 13.3. The van der Waals surface area contributed by atoms with Crippen LogP contribution in [0.5, 0.6) is 0 Å². The van der Waals surface area contributed by atoms with E-state index in [1.54, 1.807) is 42.5 Å². The smallest absolute Gasteiger partial charge is 0.365 e. The molecule has 3 rings (SSSR count). The standard InChI is InChI=1S/C22H23F3N2O2/c1-2-3-5-8-16-11-13-18(14-12-16)21(29)15-19(22(23,24)25)26-27(21)20(28)17-9-6-4-7-10-17/h4,6-7,9-14,29H,2-3,5,8,15H2,1H3. The van der Waals surface area contributed by atoms with E-state index < -0.39 is 29.9 Å². The zero-order valence-corrected chi connectivity index (χ0v) is 16.1. The number of amides is 1. The molecule has 0 saturated heterocycles. The van der Waals surface area contributed by atoms with Gasteiger partial charge in [0.15, 0.2) is 5.72 Å². The Morgan fingerprint density at radius 3 is 2.34 bits per heavy atom. The third kappa shape index (κ3) is 4.50. The fraction of sp³-hybridized carbons (Fsp3) is 0.364. The molecule has 0 aliphatic carbocycles. The number of unbranched alkanes of at least 4 members (excludes halogenated alkanes) is 2. The number of aryl methyl sites for hydroxylation is 1.